The van der Waals surface area contributed by atoms with Gasteiger partial charge in [0.15, 0.2) is 0 Å². The molecule has 0 radical (unpaired) electrons. The second-order valence-electron chi connectivity index (χ2n) is 2.26. The van der Waals surface area contributed by atoms with Crippen LogP contribution in [-0.4, -0.2) is 11.1 Å². The first kappa shape index (κ1) is 13.0. The fourth-order valence-electron chi connectivity index (χ4n) is 0.823. The van der Waals surface area contributed by atoms with Gasteiger partial charge in [0.2, 0.25) is 0 Å². The largest absolute Gasteiger partial charge is 0.478 e. The number of nitrogen functional groups attached to an aromatic ring is 1. The molecule has 0 fully saturated rings. The Bertz CT molecular complexity index is 360. The van der Waals surface area contributed by atoms with E-state index in [2.05, 4.69) is 0 Å². The minimum Gasteiger partial charge on any atom is -0.478 e. The van der Waals surface area contributed by atoms with Crippen LogP contribution in [0, 0.1) is 5.82 Å². The summed E-state index contributed by atoms with van der Waals surface area (Å²) in [5.74, 6) is 3.01. The Kier molecular flexibility index (Phi) is 4.62. The first-order valence-electron chi connectivity index (χ1n) is 3.25. The number of halogens is 3. The summed E-state index contributed by atoms with van der Waals surface area (Å²) in [5, 5.41) is 8.44. The summed E-state index contributed by atoms with van der Waals surface area (Å²) in [6.45, 7) is 0. The lowest BCUT2D eigenvalue weighted by atomic mass is 10.2. The second-order valence-corrected chi connectivity index (χ2v) is 2.67. The van der Waals surface area contributed by atoms with Crippen molar-refractivity contribution in [1.82, 2.24) is 0 Å². The van der Waals surface area contributed by atoms with E-state index in [4.69, 9.17) is 22.6 Å². The second kappa shape index (κ2) is 4.99. The zero-order valence-corrected chi connectivity index (χ0v) is 8.32. The van der Waals surface area contributed by atoms with Gasteiger partial charge in [0.05, 0.1) is 16.3 Å². The van der Waals surface area contributed by atoms with Crippen LogP contribution < -0.4 is 11.3 Å². The highest BCUT2D eigenvalue weighted by atomic mass is 35.5. The van der Waals surface area contributed by atoms with Crippen molar-refractivity contribution in [3.8, 4) is 0 Å². The fraction of sp³-hybridized carbons (Fsp3) is 0. The van der Waals surface area contributed by atoms with E-state index in [9.17, 15) is 9.18 Å². The Morgan fingerprint density at radius 1 is 1.57 bits per heavy atom. The molecule has 0 amide bonds. The van der Waals surface area contributed by atoms with Crippen molar-refractivity contribution in [3.63, 3.8) is 0 Å². The standard InChI is InChI=1S/C7H6ClFN2O2.ClH/c8-4-2-5(9)6(11-10)1-3(4)7(12)13;/h1-2,11H,10H2,(H,12,13);1H. The normalized spacial score (nSPS) is 9.07. The van der Waals surface area contributed by atoms with Crippen molar-refractivity contribution in [1.29, 1.82) is 0 Å². The minimum atomic E-state index is -1.23. The molecule has 4 nitrogen and oxygen atoms in total. The van der Waals surface area contributed by atoms with Crippen molar-refractivity contribution >= 4 is 35.7 Å². The lowest BCUT2D eigenvalue weighted by molar-refractivity contribution is 0.0697. The molecule has 0 aromatic heterocycles. The summed E-state index contributed by atoms with van der Waals surface area (Å²) in [6.07, 6.45) is 0. The van der Waals surface area contributed by atoms with Crippen LogP contribution in [0.4, 0.5) is 10.1 Å². The topological polar surface area (TPSA) is 75.3 Å². The lowest BCUT2D eigenvalue weighted by Gasteiger charge is -2.04. The van der Waals surface area contributed by atoms with Gasteiger partial charge in [-0.15, -0.1) is 12.4 Å². The van der Waals surface area contributed by atoms with Crippen molar-refractivity contribution in [3.05, 3.63) is 28.5 Å². The molecule has 0 saturated heterocycles. The Morgan fingerprint density at radius 3 is 2.57 bits per heavy atom. The van der Waals surface area contributed by atoms with E-state index in [1.54, 1.807) is 0 Å². The van der Waals surface area contributed by atoms with Crippen LogP contribution in [-0.2, 0) is 0 Å². The zero-order valence-electron chi connectivity index (χ0n) is 6.75. The average molecular weight is 241 g/mol. The van der Waals surface area contributed by atoms with Crippen LogP contribution in [0.15, 0.2) is 12.1 Å². The number of nitrogens with one attached hydrogen (secondary N) is 1. The molecule has 7 heteroatoms. The van der Waals surface area contributed by atoms with E-state index in [1.807, 2.05) is 5.43 Å². The maximum absolute atomic E-state index is 12.9. The first-order chi connectivity index (χ1) is 6.06. The third-order valence-electron chi connectivity index (χ3n) is 1.44. The van der Waals surface area contributed by atoms with Gasteiger partial charge < -0.3 is 10.5 Å². The number of nitrogens with two attached hydrogens (primary N) is 1. The third kappa shape index (κ3) is 2.47. The number of benzene rings is 1. The predicted octanol–water partition coefficient (Wildman–Crippen LogP) is 1.88. The molecule has 14 heavy (non-hydrogen) atoms. The number of aromatic carboxylic acids is 1. The van der Waals surface area contributed by atoms with Gasteiger partial charge in [-0.1, -0.05) is 11.6 Å². The molecule has 78 valence electrons. The quantitative estimate of drug-likeness (QED) is 0.545. The van der Waals surface area contributed by atoms with Gasteiger partial charge in [-0.25, -0.2) is 9.18 Å². The Morgan fingerprint density at radius 2 is 2.14 bits per heavy atom. The number of hydrogen-bond donors (Lipinski definition) is 3. The number of carbonyl (C=O) groups is 1. The monoisotopic (exact) mass is 240 g/mol. The van der Waals surface area contributed by atoms with Crippen molar-refractivity contribution in [2.75, 3.05) is 5.43 Å². The molecular weight excluding hydrogens is 234 g/mol. The van der Waals surface area contributed by atoms with Gasteiger partial charge in [0.1, 0.15) is 5.82 Å². The van der Waals surface area contributed by atoms with E-state index in [-0.39, 0.29) is 28.7 Å². The van der Waals surface area contributed by atoms with Gasteiger partial charge >= 0.3 is 5.97 Å². The van der Waals surface area contributed by atoms with Crippen molar-refractivity contribution in [2.45, 2.75) is 0 Å². The fourth-order valence-corrected chi connectivity index (χ4v) is 1.05. The van der Waals surface area contributed by atoms with Crippen LogP contribution in [0.5, 0.6) is 0 Å². The molecule has 0 atom stereocenters. The average Bonchev–Trinajstić information content (AvgIpc) is 2.03. The molecular formula is C7H7Cl2FN2O2. The first-order valence-corrected chi connectivity index (χ1v) is 3.63. The van der Waals surface area contributed by atoms with Gasteiger partial charge in [-0.3, -0.25) is 5.84 Å². The van der Waals surface area contributed by atoms with Gasteiger partial charge in [0.25, 0.3) is 0 Å². The highest BCUT2D eigenvalue weighted by Crippen LogP contribution is 2.23. The Labute approximate surface area is 90.2 Å². The zero-order chi connectivity index (χ0) is 10.0. The molecule has 1 rings (SSSR count). The molecule has 1 aromatic rings. The van der Waals surface area contributed by atoms with Gasteiger partial charge in [-0.2, -0.15) is 0 Å². The molecule has 0 aliphatic heterocycles. The number of carboxylic acids is 1. The number of hydrogen-bond acceptors (Lipinski definition) is 3. The van der Waals surface area contributed by atoms with E-state index in [0.717, 1.165) is 12.1 Å². The molecule has 4 N–H and O–H groups in total. The molecule has 0 heterocycles. The molecule has 0 aliphatic rings. The smallest absolute Gasteiger partial charge is 0.337 e. The number of carboxylic acid groups (broad SMARTS) is 1. The van der Waals surface area contributed by atoms with Crippen molar-refractivity contribution in [2.24, 2.45) is 5.84 Å². The van der Waals surface area contributed by atoms with Crippen LogP contribution in [0.1, 0.15) is 10.4 Å². The lowest BCUT2D eigenvalue weighted by Crippen LogP contribution is -2.10. The molecule has 0 unspecified atom stereocenters. The van der Waals surface area contributed by atoms with E-state index in [0.29, 0.717) is 0 Å². The maximum atomic E-state index is 12.9. The highest BCUT2D eigenvalue weighted by molar-refractivity contribution is 6.33. The molecule has 0 bridgehead atoms. The van der Waals surface area contributed by atoms with Crippen LogP contribution >= 0.6 is 24.0 Å². The van der Waals surface area contributed by atoms with E-state index in [1.165, 1.54) is 0 Å². The summed E-state index contributed by atoms with van der Waals surface area (Å²) < 4.78 is 12.9. The Balaban J connectivity index is 0.00000169. The minimum absolute atomic E-state index is 0. The van der Waals surface area contributed by atoms with Crippen LogP contribution in [0.25, 0.3) is 0 Å². The van der Waals surface area contributed by atoms with E-state index < -0.39 is 11.8 Å². The van der Waals surface area contributed by atoms with Crippen LogP contribution in [0.2, 0.25) is 5.02 Å². The van der Waals surface area contributed by atoms with Gasteiger partial charge in [-0.05, 0) is 12.1 Å². The summed E-state index contributed by atoms with van der Waals surface area (Å²) >= 11 is 5.46. The molecule has 1 aromatic carbocycles. The summed E-state index contributed by atoms with van der Waals surface area (Å²) in [5.41, 5.74) is 1.71. The van der Waals surface area contributed by atoms with Crippen LogP contribution in [0.3, 0.4) is 0 Å². The molecule has 0 spiro atoms. The summed E-state index contributed by atoms with van der Waals surface area (Å²) in [6, 6.07) is 1.92. The van der Waals surface area contributed by atoms with Gasteiger partial charge in [0, 0.05) is 0 Å². The Hall–Kier alpha value is -1.04. The molecule has 0 aliphatic carbocycles. The molecule has 0 saturated carbocycles. The number of hydrazine groups is 1. The maximum Gasteiger partial charge on any atom is 0.337 e. The van der Waals surface area contributed by atoms with Crippen molar-refractivity contribution < 1.29 is 14.3 Å². The van der Waals surface area contributed by atoms with E-state index >= 15 is 0 Å². The third-order valence-corrected chi connectivity index (χ3v) is 1.76. The predicted molar refractivity (Wildman–Crippen MR) is 53.4 cm³/mol. The summed E-state index contributed by atoms with van der Waals surface area (Å²) in [7, 11) is 0. The summed E-state index contributed by atoms with van der Waals surface area (Å²) in [4.78, 5) is 10.5. The number of anilines is 1. The number of rotatable bonds is 2. The highest BCUT2D eigenvalue weighted by Gasteiger charge is 2.12. The SMILES string of the molecule is Cl.NNc1cc(C(=O)O)c(Cl)cc1F.